The van der Waals surface area contributed by atoms with Gasteiger partial charge in [0, 0.05) is 14.1 Å². The van der Waals surface area contributed by atoms with Gasteiger partial charge in [-0.25, -0.2) is 4.79 Å². The number of aliphatic carboxylic acids is 1. The van der Waals surface area contributed by atoms with E-state index >= 15 is 0 Å². The van der Waals surface area contributed by atoms with Crippen molar-refractivity contribution in [2.24, 2.45) is 5.92 Å². The van der Waals surface area contributed by atoms with Crippen LogP contribution in [0.5, 0.6) is 5.75 Å². The fourth-order valence-corrected chi connectivity index (χ4v) is 4.40. The van der Waals surface area contributed by atoms with Crippen molar-refractivity contribution in [2.75, 3.05) is 27.0 Å². The van der Waals surface area contributed by atoms with Crippen molar-refractivity contribution in [3.8, 4) is 5.75 Å². The van der Waals surface area contributed by atoms with E-state index in [0.29, 0.717) is 5.75 Å². The third-order valence-corrected chi connectivity index (χ3v) is 5.97. The molecule has 1 aromatic rings. The molecule has 3 rings (SSSR count). The molecule has 9 nitrogen and oxygen atoms in total. The summed E-state index contributed by atoms with van der Waals surface area (Å²) in [6.07, 6.45) is -0.927. The zero-order chi connectivity index (χ0) is 19.7. The summed E-state index contributed by atoms with van der Waals surface area (Å²) < 4.78 is 5.26. The van der Waals surface area contributed by atoms with Crippen LogP contribution in [0.3, 0.4) is 0 Å². The smallest absolute Gasteiger partial charge is 0.327 e. The number of carbonyl (C=O) groups excluding carboxylic acids is 2. The number of imide groups is 1. The lowest BCUT2D eigenvalue weighted by Crippen LogP contribution is -2.72. The SMILES string of the molecule is COc1cccc(C2NC(SCC(=O)O)C3C(=O)N(C)C(=O)N(C)C3N2)c1. The number of hydrogen-bond acceptors (Lipinski definition) is 7. The molecule has 2 heterocycles. The maximum Gasteiger partial charge on any atom is 0.327 e. The fourth-order valence-electron chi connectivity index (χ4n) is 3.37. The van der Waals surface area contributed by atoms with Crippen molar-refractivity contribution in [3.05, 3.63) is 29.8 Å². The van der Waals surface area contributed by atoms with Gasteiger partial charge in [0.15, 0.2) is 0 Å². The minimum atomic E-state index is -0.962. The Hall–Kier alpha value is -2.30. The van der Waals surface area contributed by atoms with Crippen LogP contribution in [0.2, 0.25) is 0 Å². The fraction of sp³-hybridized carbons (Fsp3) is 0.471. The molecule has 2 fully saturated rings. The molecule has 2 aliphatic heterocycles. The Morgan fingerprint density at radius 3 is 2.70 bits per heavy atom. The van der Waals surface area contributed by atoms with E-state index in [4.69, 9.17) is 9.84 Å². The number of carboxylic acid groups (broad SMARTS) is 1. The van der Waals surface area contributed by atoms with Crippen LogP contribution in [0.1, 0.15) is 11.7 Å². The highest BCUT2D eigenvalue weighted by atomic mass is 32.2. The minimum absolute atomic E-state index is 0.152. The van der Waals surface area contributed by atoms with Crippen LogP contribution < -0.4 is 15.4 Å². The van der Waals surface area contributed by atoms with E-state index in [1.807, 2.05) is 24.3 Å². The van der Waals surface area contributed by atoms with Gasteiger partial charge in [0.05, 0.1) is 36.5 Å². The van der Waals surface area contributed by atoms with Crippen LogP contribution in [0, 0.1) is 5.92 Å². The molecule has 0 spiro atoms. The molecule has 4 atom stereocenters. The number of nitrogens with one attached hydrogen (secondary N) is 2. The Labute approximate surface area is 161 Å². The number of carboxylic acids is 1. The van der Waals surface area contributed by atoms with Crippen molar-refractivity contribution in [3.63, 3.8) is 0 Å². The number of amides is 3. The average Bonchev–Trinajstić information content (AvgIpc) is 2.68. The number of fused-ring (bicyclic) bond motifs is 1. The predicted molar refractivity (Wildman–Crippen MR) is 99.1 cm³/mol. The third kappa shape index (κ3) is 3.73. The number of hydrogen-bond donors (Lipinski definition) is 3. The number of urea groups is 1. The molecule has 1 aromatic carbocycles. The molecular weight excluding hydrogens is 372 g/mol. The van der Waals surface area contributed by atoms with Gasteiger partial charge in [-0.2, -0.15) is 0 Å². The van der Waals surface area contributed by atoms with Gasteiger partial charge in [0.1, 0.15) is 5.75 Å². The van der Waals surface area contributed by atoms with Crippen molar-refractivity contribution >= 4 is 29.7 Å². The highest BCUT2D eigenvalue weighted by molar-refractivity contribution is 8.00. The zero-order valence-electron chi connectivity index (χ0n) is 15.2. The van der Waals surface area contributed by atoms with Gasteiger partial charge in [-0.05, 0) is 17.7 Å². The van der Waals surface area contributed by atoms with E-state index < -0.39 is 29.5 Å². The second kappa shape index (κ2) is 7.75. The number of methoxy groups -OCH3 is 1. The summed E-state index contributed by atoms with van der Waals surface area (Å²) in [4.78, 5) is 38.7. The molecule has 146 valence electrons. The highest BCUT2D eigenvalue weighted by Gasteiger charge is 2.51. The molecule has 4 unspecified atom stereocenters. The highest BCUT2D eigenvalue weighted by Crippen LogP contribution is 2.34. The zero-order valence-corrected chi connectivity index (χ0v) is 16.0. The van der Waals surface area contributed by atoms with E-state index in [1.54, 1.807) is 14.2 Å². The predicted octanol–water partition coefficient (Wildman–Crippen LogP) is 0.497. The molecule has 0 aromatic heterocycles. The van der Waals surface area contributed by atoms with Gasteiger partial charge in [-0.1, -0.05) is 12.1 Å². The van der Waals surface area contributed by atoms with Gasteiger partial charge < -0.3 is 14.7 Å². The quantitative estimate of drug-likeness (QED) is 0.662. The first kappa shape index (κ1) is 19.5. The Bertz CT molecular complexity index is 761. The van der Waals surface area contributed by atoms with Crippen molar-refractivity contribution in [2.45, 2.75) is 17.7 Å². The van der Waals surface area contributed by atoms with Crippen molar-refractivity contribution in [1.29, 1.82) is 0 Å². The molecule has 3 amide bonds. The summed E-state index contributed by atoms with van der Waals surface area (Å²) >= 11 is 1.14. The lowest BCUT2D eigenvalue weighted by Gasteiger charge is -2.50. The average molecular weight is 394 g/mol. The lowest BCUT2D eigenvalue weighted by atomic mass is 9.96. The number of rotatable bonds is 5. The van der Waals surface area contributed by atoms with E-state index in [1.165, 1.54) is 11.9 Å². The summed E-state index contributed by atoms with van der Waals surface area (Å²) in [7, 11) is 4.64. The topological polar surface area (TPSA) is 111 Å². The number of nitrogens with zero attached hydrogens (tertiary/aromatic N) is 2. The first-order valence-corrected chi connectivity index (χ1v) is 9.42. The molecular formula is C17H22N4O5S. The summed E-state index contributed by atoms with van der Waals surface area (Å²) in [6, 6.07) is 7.01. The molecule has 0 saturated carbocycles. The summed E-state index contributed by atoms with van der Waals surface area (Å²) in [5.41, 5.74) is 0.862. The molecule has 0 bridgehead atoms. The molecule has 27 heavy (non-hydrogen) atoms. The summed E-state index contributed by atoms with van der Waals surface area (Å²) in [6.45, 7) is 0. The van der Waals surface area contributed by atoms with E-state index in [9.17, 15) is 14.4 Å². The van der Waals surface area contributed by atoms with Gasteiger partial charge in [0.25, 0.3) is 0 Å². The maximum atomic E-state index is 12.7. The number of carbonyl (C=O) groups is 3. The largest absolute Gasteiger partial charge is 0.497 e. The Kier molecular flexibility index (Phi) is 5.59. The first-order chi connectivity index (χ1) is 12.8. The Morgan fingerprint density at radius 1 is 1.30 bits per heavy atom. The van der Waals surface area contributed by atoms with Crippen molar-refractivity contribution < 1.29 is 24.2 Å². The maximum absolute atomic E-state index is 12.7. The lowest BCUT2D eigenvalue weighted by molar-refractivity contribution is -0.140. The molecule has 0 aliphatic carbocycles. The Balaban J connectivity index is 1.93. The van der Waals surface area contributed by atoms with Crippen LogP contribution in [0.4, 0.5) is 4.79 Å². The molecule has 3 N–H and O–H groups in total. The van der Waals surface area contributed by atoms with Crippen LogP contribution in [-0.2, 0) is 9.59 Å². The van der Waals surface area contributed by atoms with E-state index in [2.05, 4.69) is 10.6 Å². The molecule has 0 radical (unpaired) electrons. The number of ether oxygens (including phenoxy) is 1. The van der Waals surface area contributed by atoms with Crippen molar-refractivity contribution in [1.82, 2.24) is 20.4 Å². The second-order valence-corrected chi connectivity index (χ2v) is 7.56. The molecule has 2 aliphatic rings. The minimum Gasteiger partial charge on any atom is -0.497 e. The number of thioether (sulfide) groups is 1. The van der Waals surface area contributed by atoms with Gasteiger partial charge in [-0.3, -0.25) is 25.1 Å². The normalized spacial score (nSPS) is 28.1. The monoisotopic (exact) mass is 394 g/mol. The van der Waals surface area contributed by atoms with Crippen LogP contribution in [0.15, 0.2) is 24.3 Å². The van der Waals surface area contributed by atoms with Gasteiger partial charge in [0.2, 0.25) is 5.91 Å². The van der Waals surface area contributed by atoms with E-state index in [-0.39, 0.29) is 17.8 Å². The molecule has 2 saturated heterocycles. The Morgan fingerprint density at radius 2 is 2.04 bits per heavy atom. The van der Waals surface area contributed by atoms with E-state index in [0.717, 1.165) is 22.2 Å². The summed E-state index contributed by atoms with van der Waals surface area (Å²) in [5, 5.41) is 15.2. The van der Waals surface area contributed by atoms with Gasteiger partial charge >= 0.3 is 12.0 Å². The second-order valence-electron chi connectivity index (χ2n) is 6.43. The summed E-state index contributed by atoms with van der Waals surface area (Å²) in [5.74, 6) is -1.38. The van der Waals surface area contributed by atoms with Crippen LogP contribution >= 0.6 is 11.8 Å². The van der Waals surface area contributed by atoms with Crippen LogP contribution in [-0.4, -0.2) is 71.3 Å². The third-order valence-electron chi connectivity index (χ3n) is 4.77. The number of benzene rings is 1. The molecule has 10 heteroatoms. The standard InChI is InChI=1S/C17H22N4O5S/c1-20-14-12(16(24)21(2)17(20)25)15(27-8-11(22)23)19-13(18-14)9-5-4-6-10(7-9)26-3/h4-7,12-15,18-19H,8H2,1-3H3,(H,22,23). The van der Waals surface area contributed by atoms with Crippen LogP contribution in [0.25, 0.3) is 0 Å². The van der Waals surface area contributed by atoms with Gasteiger partial charge in [-0.15, -0.1) is 11.8 Å². The first-order valence-electron chi connectivity index (χ1n) is 8.37.